The Morgan fingerprint density at radius 2 is 2.04 bits per heavy atom. The Bertz CT molecular complexity index is 557. The van der Waals surface area contributed by atoms with Gasteiger partial charge in [-0.3, -0.25) is 4.79 Å². The Hall–Kier alpha value is -0.810. The van der Waals surface area contributed by atoms with Gasteiger partial charge in [-0.25, -0.2) is 0 Å². The summed E-state index contributed by atoms with van der Waals surface area (Å²) in [6, 6.07) is 3.40. The van der Waals surface area contributed by atoms with Crippen LogP contribution in [0, 0.1) is 12.8 Å². The van der Waals surface area contributed by atoms with Crippen LogP contribution in [0.5, 0.6) is 0 Å². The number of rotatable bonds is 6. The number of piperidine rings is 1. The molecule has 2 rings (SSSR count). The van der Waals surface area contributed by atoms with Crippen molar-refractivity contribution in [2.45, 2.75) is 19.8 Å². The maximum Gasteiger partial charge on any atom is 0.253 e. The third-order valence-electron chi connectivity index (χ3n) is 4.62. The third kappa shape index (κ3) is 5.09. The zero-order valence-electron chi connectivity index (χ0n) is 14.6. The minimum atomic E-state index is -0.0344. The van der Waals surface area contributed by atoms with E-state index in [4.69, 9.17) is 27.9 Å². The van der Waals surface area contributed by atoms with E-state index in [0.29, 0.717) is 21.5 Å². The van der Waals surface area contributed by atoms with Gasteiger partial charge in [-0.1, -0.05) is 23.2 Å². The van der Waals surface area contributed by atoms with Gasteiger partial charge in [-0.2, -0.15) is 0 Å². The summed E-state index contributed by atoms with van der Waals surface area (Å²) in [7, 11) is 3.57. The van der Waals surface area contributed by atoms with Gasteiger partial charge in [0, 0.05) is 49.4 Å². The molecule has 0 spiro atoms. The molecule has 1 amide bonds. The topological polar surface area (TPSA) is 32.8 Å². The summed E-state index contributed by atoms with van der Waals surface area (Å²) in [4.78, 5) is 16.9. The van der Waals surface area contributed by atoms with E-state index in [1.165, 1.54) is 6.42 Å². The minimum absolute atomic E-state index is 0.0344. The molecule has 1 aromatic carbocycles. The second-order valence-corrected chi connectivity index (χ2v) is 7.37. The van der Waals surface area contributed by atoms with Crippen LogP contribution in [-0.4, -0.2) is 62.7 Å². The summed E-state index contributed by atoms with van der Waals surface area (Å²) in [5, 5.41) is 1.06. The van der Waals surface area contributed by atoms with E-state index in [1.807, 2.05) is 14.0 Å². The molecular weight excluding hydrogens is 347 g/mol. The maximum atomic E-state index is 12.7. The lowest BCUT2D eigenvalue weighted by atomic mass is 9.97. The lowest BCUT2D eigenvalue weighted by molar-refractivity contribution is 0.0703. The van der Waals surface area contributed by atoms with Crippen LogP contribution in [0.15, 0.2) is 12.1 Å². The molecule has 24 heavy (non-hydrogen) atoms. The third-order valence-corrected chi connectivity index (χ3v) is 5.41. The summed E-state index contributed by atoms with van der Waals surface area (Å²) in [5.41, 5.74) is 1.35. The van der Waals surface area contributed by atoms with Crippen molar-refractivity contribution >= 4 is 29.1 Å². The SMILES string of the molecule is COCCN1CCCC(CN(C)C(=O)c2cc(Cl)c(C)c(Cl)c2)C1. The number of methoxy groups -OCH3 is 1. The quantitative estimate of drug-likeness (QED) is 0.762. The van der Waals surface area contributed by atoms with Gasteiger partial charge in [-0.05, 0) is 49.9 Å². The van der Waals surface area contributed by atoms with Gasteiger partial charge >= 0.3 is 0 Å². The van der Waals surface area contributed by atoms with Crippen LogP contribution in [-0.2, 0) is 4.74 Å². The van der Waals surface area contributed by atoms with Crippen LogP contribution < -0.4 is 0 Å². The Kier molecular flexibility index (Phi) is 7.35. The maximum absolute atomic E-state index is 12.7. The summed E-state index contributed by atoms with van der Waals surface area (Å²) >= 11 is 12.3. The van der Waals surface area contributed by atoms with Crippen molar-refractivity contribution in [2.75, 3.05) is 46.9 Å². The highest BCUT2D eigenvalue weighted by atomic mass is 35.5. The first kappa shape index (κ1) is 19.5. The molecule has 1 aliphatic rings. The van der Waals surface area contributed by atoms with Crippen LogP contribution >= 0.6 is 23.2 Å². The van der Waals surface area contributed by atoms with Crippen molar-refractivity contribution in [2.24, 2.45) is 5.92 Å². The Morgan fingerprint density at radius 3 is 2.67 bits per heavy atom. The van der Waals surface area contributed by atoms with Crippen molar-refractivity contribution in [3.63, 3.8) is 0 Å². The number of nitrogens with zero attached hydrogens (tertiary/aromatic N) is 2. The van der Waals surface area contributed by atoms with Gasteiger partial charge in [0.05, 0.1) is 6.61 Å². The molecule has 0 aromatic heterocycles. The highest BCUT2D eigenvalue weighted by Crippen LogP contribution is 2.26. The monoisotopic (exact) mass is 372 g/mol. The predicted molar refractivity (Wildman–Crippen MR) is 99.2 cm³/mol. The second-order valence-electron chi connectivity index (χ2n) is 6.55. The number of benzene rings is 1. The number of hydrogen-bond donors (Lipinski definition) is 0. The number of carbonyl (C=O) groups excluding carboxylic acids is 1. The Morgan fingerprint density at radius 1 is 1.38 bits per heavy atom. The summed E-state index contributed by atoms with van der Waals surface area (Å²) in [6.07, 6.45) is 2.31. The molecule has 0 radical (unpaired) electrons. The molecule has 0 bridgehead atoms. The molecule has 1 unspecified atom stereocenters. The smallest absolute Gasteiger partial charge is 0.253 e. The number of likely N-dealkylation sites (tertiary alicyclic amines) is 1. The van der Waals surface area contributed by atoms with Crippen LogP contribution in [0.1, 0.15) is 28.8 Å². The molecule has 1 heterocycles. The molecule has 4 nitrogen and oxygen atoms in total. The van der Waals surface area contributed by atoms with E-state index >= 15 is 0 Å². The van der Waals surface area contributed by atoms with E-state index in [1.54, 1.807) is 24.1 Å². The van der Waals surface area contributed by atoms with Crippen molar-refractivity contribution in [3.05, 3.63) is 33.3 Å². The average Bonchev–Trinajstić information content (AvgIpc) is 2.57. The molecule has 6 heteroatoms. The number of amides is 1. The summed E-state index contributed by atoms with van der Waals surface area (Å²) in [6.45, 7) is 6.41. The highest BCUT2D eigenvalue weighted by Gasteiger charge is 2.23. The molecule has 1 aromatic rings. The average molecular weight is 373 g/mol. The molecule has 0 saturated carbocycles. The van der Waals surface area contributed by atoms with Crippen LogP contribution in [0.4, 0.5) is 0 Å². The number of ether oxygens (including phenoxy) is 1. The molecular formula is C18H26Cl2N2O2. The van der Waals surface area contributed by atoms with Gasteiger partial charge in [0.15, 0.2) is 0 Å². The molecule has 1 atom stereocenters. The normalized spacial score (nSPS) is 18.6. The standard InChI is InChI=1S/C18H26Cl2N2O2/c1-13-16(19)9-15(10-17(13)20)18(23)21(2)11-14-5-4-6-22(12-14)7-8-24-3/h9-10,14H,4-8,11-12H2,1-3H3. The molecule has 1 aliphatic heterocycles. The zero-order valence-corrected chi connectivity index (χ0v) is 16.2. The first-order chi connectivity index (χ1) is 11.4. The first-order valence-electron chi connectivity index (χ1n) is 8.34. The van der Waals surface area contributed by atoms with Gasteiger partial charge in [0.2, 0.25) is 0 Å². The van der Waals surface area contributed by atoms with E-state index in [0.717, 1.165) is 44.8 Å². The van der Waals surface area contributed by atoms with E-state index in [2.05, 4.69) is 4.90 Å². The van der Waals surface area contributed by atoms with E-state index in [9.17, 15) is 4.79 Å². The minimum Gasteiger partial charge on any atom is -0.383 e. The number of hydrogen-bond acceptors (Lipinski definition) is 3. The van der Waals surface area contributed by atoms with E-state index < -0.39 is 0 Å². The van der Waals surface area contributed by atoms with Gasteiger partial charge in [-0.15, -0.1) is 0 Å². The van der Waals surface area contributed by atoms with Gasteiger partial charge < -0.3 is 14.5 Å². The van der Waals surface area contributed by atoms with Crippen molar-refractivity contribution in [1.82, 2.24) is 9.80 Å². The Balaban J connectivity index is 1.96. The summed E-state index contributed by atoms with van der Waals surface area (Å²) < 4.78 is 5.16. The van der Waals surface area contributed by atoms with Gasteiger partial charge in [0.1, 0.15) is 0 Å². The molecule has 0 N–H and O–H groups in total. The van der Waals surface area contributed by atoms with Crippen LogP contribution in [0.2, 0.25) is 10.0 Å². The molecule has 1 saturated heterocycles. The number of carbonyl (C=O) groups is 1. The van der Waals surface area contributed by atoms with Crippen molar-refractivity contribution < 1.29 is 9.53 Å². The molecule has 0 aliphatic carbocycles. The molecule has 1 fully saturated rings. The van der Waals surface area contributed by atoms with Gasteiger partial charge in [0.25, 0.3) is 5.91 Å². The fourth-order valence-corrected chi connectivity index (χ4v) is 3.67. The van der Waals surface area contributed by atoms with Crippen LogP contribution in [0.25, 0.3) is 0 Å². The second kappa shape index (κ2) is 9.04. The van der Waals surface area contributed by atoms with Crippen LogP contribution in [0.3, 0.4) is 0 Å². The fourth-order valence-electron chi connectivity index (χ4n) is 3.18. The highest BCUT2D eigenvalue weighted by molar-refractivity contribution is 6.36. The van der Waals surface area contributed by atoms with Crippen molar-refractivity contribution in [1.29, 1.82) is 0 Å². The lowest BCUT2D eigenvalue weighted by Crippen LogP contribution is -2.42. The summed E-state index contributed by atoms with van der Waals surface area (Å²) in [5.74, 6) is 0.453. The van der Waals surface area contributed by atoms with E-state index in [-0.39, 0.29) is 5.91 Å². The Labute approximate surface area is 154 Å². The first-order valence-corrected chi connectivity index (χ1v) is 9.10. The largest absolute Gasteiger partial charge is 0.383 e. The lowest BCUT2D eigenvalue weighted by Gasteiger charge is -2.34. The number of halogens is 2. The fraction of sp³-hybridized carbons (Fsp3) is 0.611. The van der Waals surface area contributed by atoms with Crippen molar-refractivity contribution in [3.8, 4) is 0 Å². The zero-order chi connectivity index (χ0) is 17.7. The predicted octanol–water partition coefficient (Wildman–Crippen LogP) is 3.73. The molecule has 134 valence electrons.